The second kappa shape index (κ2) is 7.09. The van der Waals surface area contributed by atoms with Crippen LogP contribution in [0.15, 0.2) is 52.1 Å². The predicted molar refractivity (Wildman–Crippen MR) is 110 cm³/mol. The van der Waals surface area contributed by atoms with Crippen molar-refractivity contribution in [1.82, 2.24) is 15.2 Å². The quantitative estimate of drug-likeness (QED) is 0.412. The van der Waals surface area contributed by atoms with Gasteiger partial charge in [0.2, 0.25) is 0 Å². The number of fused-ring (bicyclic) bond motifs is 2. The van der Waals surface area contributed by atoms with Gasteiger partial charge in [-0.1, -0.05) is 43.0 Å². The SMILES string of the molecule is C[C@H]1CCc2sc(-c3nnc(SCc4ccc5ccccc5n4)o3)cc2C1. The van der Waals surface area contributed by atoms with Gasteiger partial charge in [0.25, 0.3) is 11.1 Å². The van der Waals surface area contributed by atoms with E-state index in [1.807, 2.05) is 18.2 Å². The molecule has 136 valence electrons. The van der Waals surface area contributed by atoms with E-state index in [-0.39, 0.29) is 0 Å². The standard InChI is InChI=1S/C21H19N3OS2/c1-13-6-9-18-15(10-13)11-19(27-18)20-23-24-21(25-20)26-12-16-8-7-14-4-2-3-5-17(14)22-16/h2-5,7-8,11,13H,6,9-10,12H2,1H3/t13-/m0/s1. The first-order valence-corrected chi connectivity index (χ1v) is 11.0. The van der Waals surface area contributed by atoms with Crippen LogP contribution in [0.3, 0.4) is 0 Å². The molecular weight excluding hydrogens is 374 g/mol. The van der Waals surface area contributed by atoms with E-state index in [4.69, 9.17) is 9.40 Å². The summed E-state index contributed by atoms with van der Waals surface area (Å²) in [4.78, 5) is 7.27. The lowest BCUT2D eigenvalue weighted by molar-refractivity contribution is 0.466. The Morgan fingerprint density at radius 2 is 2.11 bits per heavy atom. The van der Waals surface area contributed by atoms with Crippen LogP contribution in [0.4, 0.5) is 0 Å². The van der Waals surface area contributed by atoms with E-state index in [2.05, 4.69) is 41.4 Å². The summed E-state index contributed by atoms with van der Waals surface area (Å²) in [5.41, 5.74) is 3.49. The fourth-order valence-corrected chi connectivity index (χ4v) is 5.30. The molecule has 1 aliphatic rings. The van der Waals surface area contributed by atoms with Crippen molar-refractivity contribution in [3.05, 3.63) is 58.6 Å². The lowest BCUT2D eigenvalue weighted by Crippen LogP contribution is -2.07. The van der Waals surface area contributed by atoms with Crippen molar-refractivity contribution >= 4 is 34.0 Å². The number of nitrogens with zero attached hydrogens (tertiary/aromatic N) is 3. The van der Waals surface area contributed by atoms with Crippen molar-refractivity contribution in [3.63, 3.8) is 0 Å². The summed E-state index contributed by atoms with van der Waals surface area (Å²) in [5, 5.41) is 10.2. The Kier molecular flexibility index (Phi) is 4.45. The summed E-state index contributed by atoms with van der Waals surface area (Å²) in [7, 11) is 0. The molecule has 0 amide bonds. The van der Waals surface area contributed by atoms with E-state index in [1.165, 1.54) is 35.0 Å². The maximum atomic E-state index is 5.91. The molecule has 0 bridgehead atoms. The van der Waals surface area contributed by atoms with Crippen molar-refractivity contribution in [3.8, 4) is 10.8 Å². The molecule has 1 aliphatic carbocycles. The van der Waals surface area contributed by atoms with Gasteiger partial charge in [0.15, 0.2) is 0 Å². The van der Waals surface area contributed by atoms with Crippen LogP contribution in [-0.2, 0) is 18.6 Å². The first-order valence-electron chi connectivity index (χ1n) is 9.17. The zero-order valence-corrected chi connectivity index (χ0v) is 16.6. The Morgan fingerprint density at radius 1 is 1.19 bits per heavy atom. The maximum Gasteiger partial charge on any atom is 0.277 e. The highest BCUT2D eigenvalue weighted by Crippen LogP contribution is 2.37. The summed E-state index contributed by atoms with van der Waals surface area (Å²) < 4.78 is 5.91. The highest BCUT2D eigenvalue weighted by Gasteiger charge is 2.21. The van der Waals surface area contributed by atoms with E-state index in [9.17, 15) is 0 Å². The van der Waals surface area contributed by atoms with Crippen molar-refractivity contribution in [2.24, 2.45) is 5.92 Å². The molecule has 0 saturated carbocycles. The van der Waals surface area contributed by atoms with Gasteiger partial charge in [-0.05, 0) is 48.9 Å². The van der Waals surface area contributed by atoms with Gasteiger partial charge in [0.05, 0.1) is 16.1 Å². The van der Waals surface area contributed by atoms with Crippen LogP contribution in [-0.4, -0.2) is 15.2 Å². The van der Waals surface area contributed by atoms with Gasteiger partial charge < -0.3 is 4.42 Å². The molecule has 3 aromatic heterocycles. The van der Waals surface area contributed by atoms with E-state index in [0.29, 0.717) is 16.9 Å². The van der Waals surface area contributed by atoms with Gasteiger partial charge in [-0.25, -0.2) is 0 Å². The summed E-state index contributed by atoms with van der Waals surface area (Å²) in [5.74, 6) is 2.12. The molecule has 0 spiro atoms. The lowest BCUT2D eigenvalue weighted by Gasteiger charge is -2.16. The summed E-state index contributed by atoms with van der Waals surface area (Å²) in [6, 6.07) is 14.6. The maximum absolute atomic E-state index is 5.91. The van der Waals surface area contributed by atoms with E-state index in [0.717, 1.165) is 33.8 Å². The Bertz CT molecular complexity index is 1100. The molecule has 0 saturated heterocycles. The monoisotopic (exact) mass is 393 g/mol. The number of hydrogen-bond acceptors (Lipinski definition) is 6. The fourth-order valence-electron chi connectivity index (χ4n) is 3.50. The highest BCUT2D eigenvalue weighted by atomic mass is 32.2. The van der Waals surface area contributed by atoms with Crippen LogP contribution >= 0.6 is 23.1 Å². The largest absolute Gasteiger partial charge is 0.410 e. The molecule has 0 N–H and O–H groups in total. The summed E-state index contributed by atoms with van der Waals surface area (Å²) in [6.45, 7) is 2.32. The van der Waals surface area contributed by atoms with E-state index < -0.39 is 0 Å². The minimum atomic E-state index is 0.597. The average Bonchev–Trinajstić information content (AvgIpc) is 3.32. The number of aromatic nitrogens is 3. The molecule has 1 aromatic carbocycles. The first kappa shape index (κ1) is 17.0. The number of hydrogen-bond donors (Lipinski definition) is 0. The Morgan fingerprint density at radius 3 is 3.07 bits per heavy atom. The number of pyridine rings is 1. The van der Waals surface area contributed by atoms with Crippen LogP contribution in [0.25, 0.3) is 21.7 Å². The number of aryl methyl sites for hydroxylation is 1. The molecule has 4 nitrogen and oxygen atoms in total. The highest BCUT2D eigenvalue weighted by molar-refractivity contribution is 7.98. The van der Waals surface area contributed by atoms with Gasteiger partial charge in [-0.3, -0.25) is 4.98 Å². The predicted octanol–water partition coefficient (Wildman–Crippen LogP) is 5.76. The molecule has 0 fully saturated rings. The normalized spacial score (nSPS) is 16.6. The topological polar surface area (TPSA) is 51.8 Å². The average molecular weight is 394 g/mol. The Labute approximate surface area is 166 Å². The van der Waals surface area contributed by atoms with Crippen molar-refractivity contribution in [2.45, 2.75) is 37.2 Å². The van der Waals surface area contributed by atoms with Gasteiger partial charge in [0.1, 0.15) is 0 Å². The number of rotatable bonds is 4. The van der Waals surface area contributed by atoms with Gasteiger partial charge in [0, 0.05) is 16.0 Å². The molecular formula is C21H19N3OS2. The second-order valence-electron chi connectivity index (χ2n) is 7.06. The van der Waals surface area contributed by atoms with Gasteiger partial charge in [-0.2, -0.15) is 0 Å². The summed E-state index contributed by atoms with van der Waals surface area (Å²) >= 11 is 3.34. The van der Waals surface area contributed by atoms with Crippen LogP contribution in [0, 0.1) is 5.92 Å². The molecule has 27 heavy (non-hydrogen) atoms. The first-order chi connectivity index (χ1) is 13.2. The zero-order chi connectivity index (χ0) is 18.2. The van der Waals surface area contributed by atoms with Crippen LogP contribution < -0.4 is 0 Å². The molecule has 0 unspecified atom stereocenters. The second-order valence-corrected chi connectivity index (χ2v) is 9.13. The zero-order valence-electron chi connectivity index (χ0n) is 15.0. The Hall–Kier alpha value is -2.18. The smallest absolute Gasteiger partial charge is 0.277 e. The number of thioether (sulfide) groups is 1. The third kappa shape index (κ3) is 3.51. The van der Waals surface area contributed by atoms with Gasteiger partial charge >= 0.3 is 0 Å². The third-order valence-corrected chi connectivity index (χ3v) is 7.02. The number of benzene rings is 1. The third-order valence-electron chi connectivity index (χ3n) is 4.95. The lowest BCUT2D eigenvalue weighted by atomic mass is 9.90. The number of para-hydroxylation sites is 1. The molecule has 4 aromatic rings. The van der Waals surface area contributed by atoms with Crippen molar-refractivity contribution in [2.75, 3.05) is 0 Å². The van der Waals surface area contributed by atoms with Crippen LogP contribution in [0.5, 0.6) is 0 Å². The van der Waals surface area contributed by atoms with E-state index in [1.54, 1.807) is 11.3 Å². The molecule has 6 heteroatoms. The fraction of sp³-hybridized carbons (Fsp3) is 0.286. The minimum Gasteiger partial charge on any atom is -0.410 e. The molecule has 0 radical (unpaired) electrons. The Balaban J connectivity index is 1.30. The van der Waals surface area contributed by atoms with Crippen molar-refractivity contribution < 1.29 is 4.42 Å². The van der Waals surface area contributed by atoms with E-state index >= 15 is 0 Å². The molecule has 3 heterocycles. The minimum absolute atomic E-state index is 0.597. The molecule has 5 rings (SSSR count). The summed E-state index contributed by atoms with van der Waals surface area (Å²) in [6.07, 6.45) is 3.61. The molecule has 1 atom stereocenters. The van der Waals surface area contributed by atoms with Crippen LogP contribution in [0.2, 0.25) is 0 Å². The van der Waals surface area contributed by atoms with Crippen molar-refractivity contribution in [1.29, 1.82) is 0 Å². The van der Waals surface area contributed by atoms with Crippen LogP contribution in [0.1, 0.15) is 29.5 Å². The molecule has 0 aliphatic heterocycles. The van der Waals surface area contributed by atoms with Gasteiger partial charge in [-0.15, -0.1) is 21.5 Å². The number of thiophene rings is 1.